The van der Waals surface area contributed by atoms with Crippen LogP contribution >= 0.6 is 0 Å². The standard InChI is InChI=1S/C9H18N2O.C2HF3O2/c1-7(2)11-9(12)8-3-5-10-6-4-8;3-2(4,5)1(6)7/h7-8,10H,3-6H2,1-2H3,(H,11,12);(H,6,7). The number of carboxylic acids is 1. The molecular weight excluding hydrogens is 265 g/mol. The second-order valence-electron chi connectivity index (χ2n) is 4.49. The molecule has 0 aromatic heterocycles. The molecule has 1 heterocycles. The summed E-state index contributed by atoms with van der Waals surface area (Å²) in [6.45, 7) is 5.96. The van der Waals surface area contributed by atoms with Crippen molar-refractivity contribution in [2.24, 2.45) is 5.92 Å². The Morgan fingerprint density at radius 1 is 1.26 bits per heavy atom. The van der Waals surface area contributed by atoms with Crippen molar-refractivity contribution >= 4 is 11.9 Å². The molecule has 0 radical (unpaired) electrons. The fraction of sp³-hybridized carbons (Fsp3) is 0.818. The second kappa shape index (κ2) is 7.98. The number of alkyl halides is 3. The lowest BCUT2D eigenvalue weighted by Crippen LogP contribution is -2.40. The lowest BCUT2D eigenvalue weighted by Gasteiger charge is -2.22. The Hall–Kier alpha value is -1.31. The third-order valence-corrected chi connectivity index (χ3v) is 2.38. The largest absolute Gasteiger partial charge is 0.490 e. The number of amides is 1. The van der Waals surface area contributed by atoms with Crippen molar-refractivity contribution in [3.63, 3.8) is 0 Å². The maximum Gasteiger partial charge on any atom is 0.490 e. The Balaban J connectivity index is 0.000000399. The molecule has 1 aliphatic heterocycles. The van der Waals surface area contributed by atoms with Crippen molar-refractivity contribution in [2.75, 3.05) is 13.1 Å². The van der Waals surface area contributed by atoms with Gasteiger partial charge in [0, 0.05) is 12.0 Å². The quantitative estimate of drug-likeness (QED) is 0.710. The van der Waals surface area contributed by atoms with Crippen LogP contribution in [0, 0.1) is 5.92 Å². The first-order chi connectivity index (χ1) is 8.64. The van der Waals surface area contributed by atoms with E-state index in [4.69, 9.17) is 9.90 Å². The Kier molecular flexibility index (Phi) is 7.43. The fourth-order valence-electron chi connectivity index (χ4n) is 1.49. The van der Waals surface area contributed by atoms with Crippen LogP contribution in [0.3, 0.4) is 0 Å². The zero-order valence-corrected chi connectivity index (χ0v) is 10.9. The van der Waals surface area contributed by atoms with Gasteiger partial charge in [0.15, 0.2) is 0 Å². The number of piperidine rings is 1. The zero-order chi connectivity index (χ0) is 15.1. The summed E-state index contributed by atoms with van der Waals surface area (Å²) in [5, 5.41) is 13.3. The van der Waals surface area contributed by atoms with Crippen LogP contribution in [0.2, 0.25) is 0 Å². The first-order valence-electron chi connectivity index (χ1n) is 5.95. The number of aliphatic carboxylic acids is 1. The molecule has 0 bridgehead atoms. The summed E-state index contributed by atoms with van der Waals surface area (Å²) in [6.07, 6.45) is -3.11. The van der Waals surface area contributed by atoms with Crippen LogP contribution in [0.1, 0.15) is 26.7 Å². The van der Waals surface area contributed by atoms with E-state index in [-0.39, 0.29) is 17.9 Å². The molecule has 0 atom stereocenters. The molecule has 0 spiro atoms. The highest BCUT2D eigenvalue weighted by atomic mass is 19.4. The Morgan fingerprint density at radius 2 is 1.68 bits per heavy atom. The summed E-state index contributed by atoms with van der Waals surface area (Å²) in [7, 11) is 0. The summed E-state index contributed by atoms with van der Waals surface area (Å²) >= 11 is 0. The van der Waals surface area contributed by atoms with Crippen molar-refractivity contribution in [1.29, 1.82) is 0 Å². The topological polar surface area (TPSA) is 78.4 Å². The number of hydrogen-bond donors (Lipinski definition) is 3. The Morgan fingerprint density at radius 3 is 2.00 bits per heavy atom. The number of halogens is 3. The highest BCUT2D eigenvalue weighted by Gasteiger charge is 2.38. The van der Waals surface area contributed by atoms with Crippen LogP contribution in [-0.2, 0) is 9.59 Å². The summed E-state index contributed by atoms with van der Waals surface area (Å²) in [4.78, 5) is 20.4. The number of carbonyl (C=O) groups excluding carboxylic acids is 1. The first-order valence-corrected chi connectivity index (χ1v) is 5.95. The van der Waals surface area contributed by atoms with Crippen LogP contribution < -0.4 is 10.6 Å². The van der Waals surface area contributed by atoms with Gasteiger partial charge >= 0.3 is 12.1 Å². The van der Waals surface area contributed by atoms with E-state index in [9.17, 15) is 18.0 Å². The highest BCUT2D eigenvalue weighted by Crippen LogP contribution is 2.13. The summed E-state index contributed by atoms with van der Waals surface area (Å²) < 4.78 is 31.7. The second-order valence-corrected chi connectivity index (χ2v) is 4.49. The molecular formula is C11H19F3N2O3. The minimum Gasteiger partial charge on any atom is -0.475 e. The normalized spacial score (nSPS) is 16.5. The Bertz CT molecular complexity index is 300. The maximum atomic E-state index is 11.5. The molecule has 112 valence electrons. The van der Waals surface area contributed by atoms with Gasteiger partial charge in [-0.1, -0.05) is 0 Å². The Labute approximate surface area is 109 Å². The number of hydrogen-bond acceptors (Lipinski definition) is 3. The molecule has 1 aliphatic rings. The lowest BCUT2D eigenvalue weighted by molar-refractivity contribution is -0.192. The average molecular weight is 284 g/mol. The summed E-state index contributed by atoms with van der Waals surface area (Å²) in [5.41, 5.74) is 0. The molecule has 0 aliphatic carbocycles. The number of nitrogens with one attached hydrogen (secondary N) is 2. The average Bonchev–Trinajstić information content (AvgIpc) is 2.28. The number of rotatable bonds is 2. The molecule has 1 amide bonds. The van der Waals surface area contributed by atoms with Gasteiger partial charge in [-0.3, -0.25) is 4.79 Å². The van der Waals surface area contributed by atoms with E-state index in [1.54, 1.807) is 0 Å². The molecule has 0 aromatic carbocycles. The molecule has 1 fully saturated rings. The van der Waals surface area contributed by atoms with Crippen molar-refractivity contribution in [2.45, 2.75) is 38.9 Å². The molecule has 1 saturated heterocycles. The van der Waals surface area contributed by atoms with Crippen molar-refractivity contribution in [3.05, 3.63) is 0 Å². The predicted octanol–water partition coefficient (Wildman–Crippen LogP) is 1.14. The fourth-order valence-corrected chi connectivity index (χ4v) is 1.49. The number of carbonyl (C=O) groups is 2. The van der Waals surface area contributed by atoms with Crippen LogP contribution in [0.4, 0.5) is 13.2 Å². The first kappa shape index (κ1) is 17.7. The van der Waals surface area contributed by atoms with Gasteiger partial charge in [0.25, 0.3) is 0 Å². The van der Waals surface area contributed by atoms with E-state index in [0.717, 1.165) is 25.9 Å². The van der Waals surface area contributed by atoms with Gasteiger partial charge < -0.3 is 15.7 Å². The minimum atomic E-state index is -5.08. The zero-order valence-electron chi connectivity index (χ0n) is 10.9. The van der Waals surface area contributed by atoms with Crippen molar-refractivity contribution in [1.82, 2.24) is 10.6 Å². The predicted molar refractivity (Wildman–Crippen MR) is 62.6 cm³/mol. The van der Waals surface area contributed by atoms with Crippen LogP contribution in [-0.4, -0.2) is 42.3 Å². The van der Waals surface area contributed by atoms with Gasteiger partial charge in [-0.15, -0.1) is 0 Å². The van der Waals surface area contributed by atoms with E-state index in [1.165, 1.54) is 0 Å². The van der Waals surface area contributed by atoms with Crippen LogP contribution in [0.5, 0.6) is 0 Å². The van der Waals surface area contributed by atoms with Crippen LogP contribution in [0.15, 0.2) is 0 Å². The highest BCUT2D eigenvalue weighted by molar-refractivity contribution is 5.78. The van der Waals surface area contributed by atoms with Crippen molar-refractivity contribution < 1.29 is 27.9 Å². The SMILES string of the molecule is CC(C)NC(=O)C1CCNCC1.O=C(O)C(F)(F)F. The van der Waals surface area contributed by atoms with Crippen LogP contribution in [0.25, 0.3) is 0 Å². The monoisotopic (exact) mass is 284 g/mol. The lowest BCUT2D eigenvalue weighted by atomic mass is 9.97. The molecule has 0 saturated carbocycles. The van der Waals surface area contributed by atoms with E-state index in [0.29, 0.717) is 0 Å². The van der Waals surface area contributed by atoms with Crippen molar-refractivity contribution in [3.8, 4) is 0 Å². The third kappa shape index (κ3) is 8.41. The molecule has 19 heavy (non-hydrogen) atoms. The third-order valence-electron chi connectivity index (χ3n) is 2.38. The van der Waals surface area contributed by atoms with Gasteiger partial charge in [0.05, 0.1) is 0 Å². The molecule has 0 unspecified atom stereocenters. The summed E-state index contributed by atoms with van der Waals surface area (Å²) in [6, 6.07) is 0.271. The number of carboxylic acid groups (broad SMARTS) is 1. The van der Waals surface area contributed by atoms with E-state index in [2.05, 4.69) is 10.6 Å². The molecule has 3 N–H and O–H groups in total. The molecule has 0 aromatic rings. The van der Waals surface area contributed by atoms with E-state index in [1.807, 2.05) is 13.8 Å². The van der Waals surface area contributed by atoms with E-state index >= 15 is 0 Å². The molecule has 1 rings (SSSR count). The van der Waals surface area contributed by atoms with Gasteiger partial charge in [-0.05, 0) is 39.8 Å². The maximum absolute atomic E-state index is 11.5. The molecule has 8 heteroatoms. The molecule has 5 nitrogen and oxygen atoms in total. The van der Waals surface area contributed by atoms with Gasteiger partial charge in [0.1, 0.15) is 0 Å². The van der Waals surface area contributed by atoms with Gasteiger partial charge in [-0.2, -0.15) is 13.2 Å². The van der Waals surface area contributed by atoms with E-state index < -0.39 is 12.1 Å². The van der Waals surface area contributed by atoms with Gasteiger partial charge in [0.2, 0.25) is 5.91 Å². The summed E-state index contributed by atoms with van der Waals surface area (Å²) in [5.74, 6) is -2.28. The minimum absolute atomic E-state index is 0.228. The smallest absolute Gasteiger partial charge is 0.475 e. The van der Waals surface area contributed by atoms with Gasteiger partial charge in [-0.25, -0.2) is 4.79 Å².